The highest BCUT2D eigenvalue weighted by molar-refractivity contribution is 5.91. The second-order valence-electron chi connectivity index (χ2n) is 10.4. The van der Waals surface area contributed by atoms with Crippen LogP contribution < -0.4 is 5.32 Å². The standard InChI is InChI=1S/C32H43NO5/c1-24(30-12-6-8-26-7-3-4-11-31(26)30)33-29-10-5-9-28(23-29)25-13-15-27(16-14-25)32(34)38-22-21-37-20-19-36-18-17-35-2/h3-4,6-8,11-13,15-16,24-25,28-29,33H,5,9-10,14,17-23H2,1-2H3/t24-,25?,28+,29+/m1/s1. The summed E-state index contributed by atoms with van der Waals surface area (Å²) in [6, 6.07) is 16.1. The van der Waals surface area contributed by atoms with E-state index in [4.69, 9.17) is 18.9 Å². The Labute approximate surface area is 227 Å². The summed E-state index contributed by atoms with van der Waals surface area (Å²) in [5.74, 6) is 0.836. The van der Waals surface area contributed by atoms with Gasteiger partial charge < -0.3 is 24.3 Å². The lowest BCUT2D eigenvalue weighted by Crippen LogP contribution is -2.37. The number of carbonyl (C=O) groups is 1. The summed E-state index contributed by atoms with van der Waals surface area (Å²) >= 11 is 0. The number of benzene rings is 2. The number of nitrogens with one attached hydrogen (secondary N) is 1. The molecule has 6 nitrogen and oxygen atoms in total. The van der Waals surface area contributed by atoms with Crippen molar-refractivity contribution < 1.29 is 23.7 Å². The van der Waals surface area contributed by atoms with Crippen LogP contribution in [0.1, 0.15) is 50.6 Å². The SMILES string of the molecule is COCCOCCOCCOC(=O)C1=CCC([C@H]2CCC[C@H](N[C@H](C)c3cccc4ccccc34)C2)C=C1. The van der Waals surface area contributed by atoms with Gasteiger partial charge in [0.15, 0.2) is 0 Å². The normalized spacial score (nSPS) is 22.3. The van der Waals surface area contributed by atoms with Crippen LogP contribution in [0.25, 0.3) is 10.8 Å². The van der Waals surface area contributed by atoms with E-state index in [-0.39, 0.29) is 12.6 Å². The highest BCUT2D eigenvalue weighted by Gasteiger charge is 2.29. The van der Waals surface area contributed by atoms with Gasteiger partial charge in [-0.15, -0.1) is 0 Å². The smallest absolute Gasteiger partial charge is 0.337 e. The van der Waals surface area contributed by atoms with Crippen molar-refractivity contribution in [1.82, 2.24) is 5.32 Å². The fourth-order valence-electron chi connectivity index (χ4n) is 5.72. The minimum Gasteiger partial charge on any atom is -0.460 e. The molecule has 4 atom stereocenters. The summed E-state index contributed by atoms with van der Waals surface area (Å²) in [6.45, 7) is 5.01. The third kappa shape index (κ3) is 8.24. The van der Waals surface area contributed by atoms with Gasteiger partial charge in [-0.1, -0.05) is 67.1 Å². The number of hydrogen-bond acceptors (Lipinski definition) is 6. The zero-order valence-corrected chi connectivity index (χ0v) is 22.9. The van der Waals surface area contributed by atoms with Gasteiger partial charge in [0.2, 0.25) is 0 Å². The van der Waals surface area contributed by atoms with Gasteiger partial charge in [0, 0.05) is 19.2 Å². The molecule has 0 saturated heterocycles. The number of allylic oxidation sites excluding steroid dienone is 2. The highest BCUT2D eigenvalue weighted by atomic mass is 16.6. The summed E-state index contributed by atoms with van der Waals surface area (Å²) in [7, 11) is 1.64. The number of ether oxygens (including phenoxy) is 4. The molecule has 1 unspecified atom stereocenters. The average Bonchev–Trinajstić information content (AvgIpc) is 2.96. The van der Waals surface area contributed by atoms with Crippen molar-refractivity contribution in [3.05, 3.63) is 71.8 Å². The van der Waals surface area contributed by atoms with Crippen LogP contribution in [0.5, 0.6) is 0 Å². The predicted octanol–water partition coefficient (Wildman–Crippen LogP) is 5.77. The van der Waals surface area contributed by atoms with Crippen LogP contribution >= 0.6 is 0 Å². The lowest BCUT2D eigenvalue weighted by Gasteiger charge is -2.36. The van der Waals surface area contributed by atoms with Gasteiger partial charge in [0.05, 0.1) is 38.6 Å². The summed E-state index contributed by atoms with van der Waals surface area (Å²) in [4.78, 5) is 12.4. The topological polar surface area (TPSA) is 66.0 Å². The molecule has 2 aromatic rings. The number of methoxy groups -OCH3 is 1. The van der Waals surface area contributed by atoms with Gasteiger partial charge in [0.1, 0.15) is 6.61 Å². The molecule has 4 rings (SSSR count). The van der Waals surface area contributed by atoms with Crippen molar-refractivity contribution in [2.24, 2.45) is 11.8 Å². The zero-order valence-electron chi connectivity index (χ0n) is 22.9. The molecule has 0 aliphatic heterocycles. The Balaban J connectivity index is 1.18. The Hall–Kier alpha value is -2.51. The molecule has 6 heteroatoms. The molecule has 1 saturated carbocycles. The maximum absolute atomic E-state index is 12.4. The van der Waals surface area contributed by atoms with E-state index in [1.807, 2.05) is 12.2 Å². The number of hydrogen-bond donors (Lipinski definition) is 1. The van der Waals surface area contributed by atoms with Crippen molar-refractivity contribution >= 4 is 16.7 Å². The van der Waals surface area contributed by atoms with Gasteiger partial charge in [-0.3, -0.25) is 0 Å². The van der Waals surface area contributed by atoms with Crippen molar-refractivity contribution in [3.63, 3.8) is 0 Å². The first-order valence-electron chi connectivity index (χ1n) is 14.1. The molecular formula is C32H43NO5. The van der Waals surface area contributed by atoms with Gasteiger partial charge in [-0.2, -0.15) is 0 Å². The van der Waals surface area contributed by atoms with E-state index in [9.17, 15) is 4.79 Å². The second-order valence-corrected chi connectivity index (χ2v) is 10.4. The Kier molecular flexibility index (Phi) is 11.4. The van der Waals surface area contributed by atoms with Crippen molar-refractivity contribution in [2.75, 3.05) is 46.8 Å². The van der Waals surface area contributed by atoms with Crippen LogP contribution in [-0.4, -0.2) is 58.8 Å². The molecular weight excluding hydrogens is 478 g/mol. The summed E-state index contributed by atoms with van der Waals surface area (Å²) in [5, 5.41) is 6.56. The molecule has 0 radical (unpaired) electrons. The maximum Gasteiger partial charge on any atom is 0.337 e. The largest absolute Gasteiger partial charge is 0.460 e. The molecule has 0 amide bonds. The van der Waals surface area contributed by atoms with Crippen LogP contribution in [0.3, 0.4) is 0 Å². The Bertz CT molecular complexity index is 1080. The van der Waals surface area contributed by atoms with Crippen LogP contribution in [0.15, 0.2) is 66.3 Å². The van der Waals surface area contributed by atoms with E-state index < -0.39 is 0 Å². The number of rotatable bonds is 14. The van der Waals surface area contributed by atoms with E-state index in [2.05, 4.69) is 60.8 Å². The van der Waals surface area contributed by atoms with Crippen LogP contribution in [-0.2, 0) is 23.7 Å². The van der Waals surface area contributed by atoms with E-state index in [1.165, 1.54) is 42.0 Å². The molecule has 2 aromatic carbocycles. The number of esters is 1. The quantitative estimate of drug-likeness (QED) is 0.251. The molecule has 0 heterocycles. The Morgan fingerprint density at radius 2 is 1.74 bits per heavy atom. The van der Waals surface area contributed by atoms with Crippen LogP contribution in [0.4, 0.5) is 0 Å². The molecule has 1 fully saturated rings. The fourth-order valence-corrected chi connectivity index (χ4v) is 5.72. The highest BCUT2D eigenvalue weighted by Crippen LogP contribution is 2.36. The van der Waals surface area contributed by atoms with E-state index >= 15 is 0 Å². The Morgan fingerprint density at radius 3 is 2.53 bits per heavy atom. The summed E-state index contributed by atoms with van der Waals surface area (Å²) in [5.41, 5.74) is 2.02. The first-order chi connectivity index (χ1) is 18.7. The maximum atomic E-state index is 12.4. The molecule has 38 heavy (non-hydrogen) atoms. The van der Waals surface area contributed by atoms with Crippen molar-refractivity contribution in [2.45, 2.75) is 51.1 Å². The summed E-state index contributed by atoms with van der Waals surface area (Å²) < 4.78 is 21.1. The van der Waals surface area contributed by atoms with E-state index in [0.717, 1.165) is 6.42 Å². The van der Waals surface area contributed by atoms with Crippen LogP contribution in [0, 0.1) is 11.8 Å². The summed E-state index contributed by atoms with van der Waals surface area (Å²) in [6.07, 6.45) is 12.0. The predicted molar refractivity (Wildman–Crippen MR) is 151 cm³/mol. The van der Waals surface area contributed by atoms with E-state index in [0.29, 0.717) is 62.5 Å². The van der Waals surface area contributed by atoms with Crippen LogP contribution in [0.2, 0.25) is 0 Å². The van der Waals surface area contributed by atoms with Gasteiger partial charge in [-0.25, -0.2) is 4.79 Å². The first kappa shape index (κ1) is 28.5. The van der Waals surface area contributed by atoms with E-state index in [1.54, 1.807) is 7.11 Å². The molecule has 2 aliphatic carbocycles. The average molecular weight is 522 g/mol. The third-order valence-electron chi connectivity index (χ3n) is 7.73. The molecule has 0 aromatic heterocycles. The lowest BCUT2D eigenvalue weighted by atomic mass is 9.75. The third-order valence-corrected chi connectivity index (χ3v) is 7.73. The second kappa shape index (κ2) is 15.2. The Morgan fingerprint density at radius 1 is 0.974 bits per heavy atom. The lowest BCUT2D eigenvalue weighted by molar-refractivity contribution is -0.140. The number of fused-ring (bicyclic) bond motifs is 1. The zero-order chi connectivity index (χ0) is 26.6. The minimum atomic E-state index is -0.272. The monoisotopic (exact) mass is 521 g/mol. The van der Waals surface area contributed by atoms with Gasteiger partial charge in [0.25, 0.3) is 0 Å². The molecule has 0 spiro atoms. The molecule has 1 N–H and O–H groups in total. The van der Waals surface area contributed by atoms with Gasteiger partial charge >= 0.3 is 5.97 Å². The van der Waals surface area contributed by atoms with Crippen molar-refractivity contribution in [3.8, 4) is 0 Å². The number of carbonyl (C=O) groups excluding carboxylic acids is 1. The minimum absolute atomic E-state index is 0.246. The molecule has 206 valence electrons. The molecule has 0 bridgehead atoms. The van der Waals surface area contributed by atoms with Gasteiger partial charge in [-0.05, 0) is 60.8 Å². The first-order valence-corrected chi connectivity index (χ1v) is 14.1. The molecule has 2 aliphatic rings. The fraction of sp³-hybridized carbons (Fsp3) is 0.531. The van der Waals surface area contributed by atoms with Crippen molar-refractivity contribution in [1.29, 1.82) is 0 Å².